The number of nitrogens with zero attached hydrogens (tertiary/aromatic N) is 1. The standard InChI is InChI=1S/C47H92NO8P/c1-6-8-10-12-14-16-18-20-22-24-26-28-30-32-34-36-38-40-47(50)56-45(44-55-57(51,52)54-42-41-48(3,4)5)43-53-46(49)39-37-35-33-31-29-27-25-23-21-19-17-15-13-11-9-7-2/h20,22,45H,6-19,21,23-44H2,1-5H3/b22-20+/t45-/m1/s1. The van der Waals surface area contributed by atoms with Gasteiger partial charge in [-0.15, -0.1) is 0 Å². The average Bonchev–Trinajstić information content (AvgIpc) is 3.16. The second-order valence-corrected chi connectivity index (χ2v) is 18.9. The predicted octanol–water partition coefficient (Wildman–Crippen LogP) is 13.1. The molecule has 0 fully saturated rings. The molecule has 10 heteroatoms. The van der Waals surface area contributed by atoms with Crippen molar-refractivity contribution in [3.63, 3.8) is 0 Å². The van der Waals surface area contributed by atoms with Crippen molar-refractivity contribution < 1.29 is 42.1 Å². The Labute approximate surface area is 352 Å². The summed E-state index contributed by atoms with van der Waals surface area (Å²) in [7, 11) is 1.17. The molecular formula is C47H92NO8P. The van der Waals surface area contributed by atoms with Gasteiger partial charge in [0.2, 0.25) is 0 Å². The third-order valence-corrected chi connectivity index (χ3v) is 11.5. The first kappa shape index (κ1) is 55.8. The molecule has 0 aromatic rings. The zero-order valence-electron chi connectivity index (χ0n) is 38.1. The minimum absolute atomic E-state index is 0.0284. The van der Waals surface area contributed by atoms with E-state index in [1.54, 1.807) is 0 Å². The van der Waals surface area contributed by atoms with Crippen molar-refractivity contribution in [3.05, 3.63) is 12.2 Å². The van der Waals surface area contributed by atoms with Crippen LogP contribution in [0.15, 0.2) is 12.2 Å². The number of hydrogen-bond acceptors (Lipinski definition) is 8. The van der Waals surface area contributed by atoms with Gasteiger partial charge in [-0.3, -0.25) is 14.2 Å². The molecule has 0 amide bonds. The number of unbranched alkanes of at least 4 members (excludes halogenated alkanes) is 28. The highest BCUT2D eigenvalue weighted by Crippen LogP contribution is 2.38. The van der Waals surface area contributed by atoms with E-state index in [9.17, 15) is 19.0 Å². The van der Waals surface area contributed by atoms with Gasteiger partial charge in [-0.2, -0.15) is 0 Å². The van der Waals surface area contributed by atoms with Crippen LogP contribution in [0, 0.1) is 0 Å². The van der Waals surface area contributed by atoms with E-state index in [2.05, 4.69) is 26.0 Å². The van der Waals surface area contributed by atoms with Crippen LogP contribution >= 0.6 is 7.82 Å². The van der Waals surface area contributed by atoms with E-state index in [4.69, 9.17) is 18.5 Å². The van der Waals surface area contributed by atoms with Gasteiger partial charge in [0.1, 0.15) is 19.8 Å². The van der Waals surface area contributed by atoms with Gasteiger partial charge in [0.15, 0.2) is 6.10 Å². The van der Waals surface area contributed by atoms with Gasteiger partial charge in [0, 0.05) is 12.8 Å². The maximum absolute atomic E-state index is 12.7. The maximum Gasteiger partial charge on any atom is 0.306 e. The van der Waals surface area contributed by atoms with E-state index in [1.165, 1.54) is 148 Å². The van der Waals surface area contributed by atoms with Crippen molar-refractivity contribution in [2.45, 2.75) is 232 Å². The molecule has 338 valence electrons. The molecule has 0 aromatic heterocycles. The molecule has 0 saturated carbocycles. The monoisotopic (exact) mass is 830 g/mol. The Morgan fingerprint density at radius 2 is 0.895 bits per heavy atom. The van der Waals surface area contributed by atoms with Crippen LogP contribution < -0.4 is 4.89 Å². The Balaban J connectivity index is 4.28. The van der Waals surface area contributed by atoms with E-state index in [0.29, 0.717) is 17.4 Å². The zero-order valence-corrected chi connectivity index (χ0v) is 38.9. The quantitative estimate of drug-likeness (QED) is 0.0196. The number of hydrogen-bond donors (Lipinski definition) is 0. The first-order valence-corrected chi connectivity index (χ1v) is 25.4. The summed E-state index contributed by atoms with van der Waals surface area (Å²) < 4.78 is 34.0. The van der Waals surface area contributed by atoms with E-state index in [-0.39, 0.29) is 32.0 Å². The Morgan fingerprint density at radius 3 is 1.30 bits per heavy atom. The zero-order chi connectivity index (χ0) is 42.1. The fourth-order valence-electron chi connectivity index (χ4n) is 6.77. The van der Waals surface area contributed by atoms with Gasteiger partial charge in [0.05, 0.1) is 27.7 Å². The minimum Gasteiger partial charge on any atom is -0.756 e. The van der Waals surface area contributed by atoms with Gasteiger partial charge in [-0.25, -0.2) is 0 Å². The second kappa shape index (κ2) is 40.2. The van der Waals surface area contributed by atoms with Crippen LogP contribution in [0.5, 0.6) is 0 Å². The lowest BCUT2D eigenvalue weighted by atomic mass is 10.0. The molecule has 0 aromatic carbocycles. The molecule has 0 aliphatic carbocycles. The van der Waals surface area contributed by atoms with Crippen molar-refractivity contribution in [1.29, 1.82) is 0 Å². The lowest BCUT2D eigenvalue weighted by Gasteiger charge is -2.28. The Bertz CT molecular complexity index is 985. The van der Waals surface area contributed by atoms with Crippen LogP contribution in [0.25, 0.3) is 0 Å². The minimum atomic E-state index is -4.62. The van der Waals surface area contributed by atoms with Crippen LogP contribution in [0.2, 0.25) is 0 Å². The van der Waals surface area contributed by atoms with Gasteiger partial charge >= 0.3 is 11.9 Å². The SMILES string of the molecule is CCCCCCCC/C=C/CCCCCCCCCC(=O)O[C@H](COC(=O)CCCCCCCCCCCCCCCCCC)COP(=O)([O-])OCC[N+](C)(C)C. The normalized spacial score (nSPS) is 13.6. The smallest absolute Gasteiger partial charge is 0.306 e. The molecule has 0 saturated heterocycles. The lowest BCUT2D eigenvalue weighted by molar-refractivity contribution is -0.870. The number of carbonyl (C=O) groups is 2. The first-order chi connectivity index (χ1) is 27.5. The highest BCUT2D eigenvalue weighted by Gasteiger charge is 2.21. The Morgan fingerprint density at radius 1 is 0.526 bits per heavy atom. The van der Waals surface area contributed by atoms with Gasteiger partial charge < -0.3 is 27.9 Å². The molecule has 0 spiro atoms. The summed E-state index contributed by atoms with van der Waals surface area (Å²) >= 11 is 0. The summed E-state index contributed by atoms with van der Waals surface area (Å²) in [6.07, 6.45) is 42.3. The summed E-state index contributed by atoms with van der Waals surface area (Å²) in [5.41, 5.74) is 0. The van der Waals surface area contributed by atoms with Crippen LogP contribution in [-0.2, 0) is 32.7 Å². The number of quaternary nitrogens is 1. The Hall–Kier alpha value is -1.25. The van der Waals surface area contributed by atoms with Crippen molar-refractivity contribution in [3.8, 4) is 0 Å². The number of ether oxygens (including phenoxy) is 2. The number of likely N-dealkylation sites (N-methyl/N-ethyl adjacent to an activating group) is 1. The average molecular weight is 830 g/mol. The van der Waals surface area contributed by atoms with Gasteiger partial charge in [0.25, 0.3) is 7.82 Å². The largest absolute Gasteiger partial charge is 0.756 e. The number of phosphoric ester groups is 1. The fourth-order valence-corrected chi connectivity index (χ4v) is 7.50. The van der Waals surface area contributed by atoms with Gasteiger partial charge in [-0.1, -0.05) is 187 Å². The summed E-state index contributed by atoms with van der Waals surface area (Å²) in [4.78, 5) is 37.6. The van der Waals surface area contributed by atoms with E-state index in [0.717, 1.165) is 44.9 Å². The number of esters is 2. The van der Waals surface area contributed by atoms with Crippen LogP contribution in [0.3, 0.4) is 0 Å². The summed E-state index contributed by atoms with van der Waals surface area (Å²) in [5, 5.41) is 0. The molecule has 1 unspecified atom stereocenters. The van der Waals surface area contributed by atoms with E-state index >= 15 is 0 Å². The maximum atomic E-state index is 12.7. The third-order valence-electron chi connectivity index (χ3n) is 10.5. The fraction of sp³-hybridized carbons (Fsp3) is 0.915. The lowest BCUT2D eigenvalue weighted by Crippen LogP contribution is -2.37. The number of carbonyl (C=O) groups excluding carboxylic acids is 2. The van der Waals surface area contributed by atoms with Gasteiger partial charge in [-0.05, 0) is 38.5 Å². The molecule has 2 atom stereocenters. The molecule has 57 heavy (non-hydrogen) atoms. The predicted molar refractivity (Wildman–Crippen MR) is 236 cm³/mol. The molecule has 0 N–H and O–H groups in total. The number of rotatable bonds is 44. The molecule has 0 bridgehead atoms. The number of phosphoric acid groups is 1. The van der Waals surface area contributed by atoms with Crippen molar-refractivity contribution in [1.82, 2.24) is 0 Å². The van der Waals surface area contributed by atoms with Crippen molar-refractivity contribution in [2.24, 2.45) is 0 Å². The van der Waals surface area contributed by atoms with Crippen molar-refractivity contribution >= 4 is 19.8 Å². The summed E-state index contributed by atoms with van der Waals surface area (Å²) in [5.74, 6) is -0.827. The summed E-state index contributed by atoms with van der Waals surface area (Å²) in [6.45, 7) is 4.25. The highest BCUT2D eigenvalue weighted by atomic mass is 31.2. The molecular weight excluding hydrogens is 737 g/mol. The molecule has 9 nitrogen and oxygen atoms in total. The molecule has 0 aliphatic rings. The third kappa shape index (κ3) is 44.1. The van der Waals surface area contributed by atoms with Crippen LogP contribution in [-0.4, -0.2) is 70.0 Å². The van der Waals surface area contributed by atoms with Crippen LogP contribution in [0.1, 0.15) is 226 Å². The van der Waals surface area contributed by atoms with Crippen molar-refractivity contribution in [2.75, 3.05) is 47.5 Å². The number of allylic oxidation sites excluding steroid dienone is 2. The molecule has 0 aliphatic heterocycles. The molecule has 0 radical (unpaired) electrons. The van der Waals surface area contributed by atoms with E-state index in [1.807, 2.05) is 21.1 Å². The summed E-state index contributed by atoms with van der Waals surface area (Å²) in [6, 6.07) is 0. The second-order valence-electron chi connectivity index (χ2n) is 17.5. The molecule has 0 rings (SSSR count). The van der Waals surface area contributed by atoms with Crippen LogP contribution in [0.4, 0.5) is 0 Å². The Kier molecular flexibility index (Phi) is 39.3. The first-order valence-electron chi connectivity index (χ1n) is 23.9. The molecule has 0 heterocycles. The highest BCUT2D eigenvalue weighted by molar-refractivity contribution is 7.45. The van der Waals surface area contributed by atoms with E-state index < -0.39 is 26.5 Å². The topological polar surface area (TPSA) is 111 Å².